The van der Waals surface area contributed by atoms with Crippen molar-refractivity contribution in [3.63, 3.8) is 0 Å². The lowest BCUT2D eigenvalue weighted by Crippen LogP contribution is -2.00. The number of carbonyl (C=O) groups is 1. The van der Waals surface area contributed by atoms with E-state index >= 15 is 0 Å². The third kappa shape index (κ3) is 4.33. The highest BCUT2D eigenvalue weighted by atomic mass is 16.5. The summed E-state index contributed by atoms with van der Waals surface area (Å²) >= 11 is 0. The Morgan fingerprint density at radius 3 is 2.00 bits per heavy atom. The topological polar surface area (TPSA) is 77.8 Å². The number of allylic oxidation sites excluding steroid dienone is 1. The molecule has 134 valence electrons. The van der Waals surface area contributed by atoms with Gasteiger partial charge in [-0.15, -0.1) is 0 Å². The zero-order valence-corrected chi connectivity index (χ0v) is 15.0. The molecule has 0 heterocycles. The third-order valence-corrected chi connectivity index (χ3v) is 3.55. The molecule has 0 saturated carbocycles. The first-order valence-corrected chi connectivity index (χ1v) is 7.73. The van der Waals surface area contributed by atoms with E-state index in [1.165, 1.54) is 28.3 Å². The highest BCUT2D eigenvalue weighted by molar-refractivity contribution is 5.90. The van der Waals surface area contributed by atoms with Crippen molar-refractivity contribution in [2.75, 3.05) is 21.3 Å². The third-order valence-electron chi connectivity index (χ3n) is 3.55. The molecule has 0 amide bonds. The number of carbonyl (C=O) groups excluding carboxylic acids is 1. The molecule has 6 nitrogen and oxygen atoms in total. The van der Waals surface area contributed by atoms with Crippen LogP contribution in [0.5, 0.6) is 23.0 Å². The molecule has 0 atom stereocenters. The van der Waals surface area contributed by atoms with Gasteiger partial charge in [-0.05, 0) is 41.5 Å². The van der Waals surface area contributed by atoms with E-state index in [0.29, 0.717) is 34.1 Å². The predicted molar refractivity (Wildman–Crippen MR) is 97.3 cm³/mol. The van der Waals surface area contributed by atoms with E-state index in [1.54, 1.807) is 42.5 Å². The monoisotopic (exact) mass is 353 g/mol. The number of benzene rings is 2. The second-order valence-corrected chi connectivity index (χ2v) is 5.25. The first-order chi connectivity index (χ1) is 12.5. The van der Waals surface area contributed by atoms with Crippen molar-refractivity contribution in [2.24, 2.45) is 0 Å². The molecule has 2 rings (SSSR count). The van der Waals surface area contributed by atoms with Crippen molar-refractivity contribution < 1.29 is 23.7 Å². The molecule has 6 heteroatoms. The molecule has 2 aromatic rings. The lowest BCUT2D eigenvalue weighted by atomic mass is 10.0. The summed E-state index contributed by atoms with van der Waals surface area (Å²) in [5.41, 5.74) is 1.83. The van der Waals surface area contributed by atoms with E-state index in [2.05, 4.69) is 6.07 Å². The van der Waals surface area contributed by atoms with Crippen LogP contribution in [0, 0.1) is 11.3 Å². The van der Waals surface area contributed by atoms with Crippen LogP contribution in [0.25, 0.3) is 11.6 Å². The Bertz CT molecular complexity index is 838. The number of nitrogens with zero attached hydrogens (tertiary/aromatic N) is 1. The van der Waals surface area contributed by atoms with Gasteiger partial charge in [0.15, 0.2) is 11.5 Å². The Morgan fingerprint density at radius 1 is 1.00 bits per heavy atom. The molecule has 0 aliphatic rings. The summed E-state index contributed by atoms with van der Waals surface area (Å²) in [6.07, 6.45) is 1.72. The second kappa shape index (κ2) is 8.58. The Kier molecular flexibility index (Phi) is 6.23. The summed E-state index contributed by atoms with van der Waals surface area (Å²) in [4.78, 5) is 11.0. The highest BCUT2D eigenvalue weighted by Crippen LogP contribution is 2.40. The first-order valence-electron chi connectivity index (χ1n) is 7.73. The fourth-order valence-corrected chi connectivity index (χ4v) is 2.38. The van der Waals surface area contributed by atoms with Gasteiger partial charge in [0.1, 0.15) is 5.75 Å². The standard InChI is InChI=1S/C20H19NO5/c1-13(22)26-17-7-5-14(6-8-17)9-16(12-21)15-10-18(23-2)20(25-4)19(11-15)24-3/h5-11H,1-4H3/b16-9+. The molecule has 0 aliphatic heterocycles. The number of nitriles is 1. The van der Waals surface area contributed by atoms with Crippen molar-refractivity contribution in [3.8, 4) is 29.1 Å². The SMILES string of the molecule is COc1cc(/C(C#N)=C/c2ccc(OC(C)=O)cc2)cc(OC)c1OC. The van der Waals surface area contributed by atoms with Crippen LogP contribution in [0.3, 0.4) is 0 Å². The molecule has 0 aliphatic carbocycles. The normalized spacial score (nSPS) is 10.7. The summed E-state index contributed by atoms with van der Waals surface area (Å²) < 4.78 is 20.9. The average Bonchev–Trinajstić information content (AvgIpc) is 2.65. The minimum Gasteiger partial charge on any atom is -0.493 e. The van der Waals surface area contributed by atoms with Crippen LogP contribution >= 0.6 is 0 Å². The Balaban J connectivity index is 2.43. The van der Waals surface area contributed by atoms with E-state index in [1.807, 2.05) is 0 Å². The zero-order chi connectivity index (χ0) is 19.1. The lowest BCUT2D eigenvalue weighted by Gasteiger charge is -2.13. The molecule has 0 bridgehead atoms. The van der Waals surface area contributed by atoms with E-state index in [-0.39, 0.29) is 5.97 Å². The van der Waals surface area contributed by atoms with Gasteiger partial charge in [-0.25, -0.2) is 0 Å². The van der Waals surface area contributed by atoms with Gasteiger partial charge < -0.3 is 18.9 Å². The fraction of sp³-hybridized carbons (Fsp3) is 0.200. The Morgan fingerprint density at radius 2 is 1.58 bits per heavy atom. The van der Waals surface area contributed by atoms with Gasteiger partial charge in [0.2, 0.25) is 5.75 Å². The number of methoxy groups -OCH3 is 3. The highest BCUT2D eigenvalue weighted by Gasteiger charge is 2.15. The maximum Gasteiger partial charge on any atom is 0.308 e. The molecule has 0 spiro atoms. The smallest absolute Gasteiger partial charge is 0.308 e. The van der Waals surface area contributed by atoms with Crippen LogP contribution in [0.15, 0.2) is 36.4 Å². The van der Waals surface area contributed by atoms with Crippen LogP contribution in [0.1, 0.15) is 18.1 Å². The molecule has 0 unspecified atom stereocenters. The number of esters is 1. The number of ether oxygens (including phenoxy) is 4. The summed E-state index contributed by atoms with van der Waals surface area (Å²) in [5.74, 6) is 1.45. The zero-order valence-electron chi connectivity index (χ0n) is 15.0. The second-order valence-electron chi connectivity index (χ2n) is 5.25. The van der Waals surface area contributed by atoms with Gasteiger partial charge in [-0.2, -0.15) is 5.26 Å². The van der Waals surface area contributed by atoms with Gasteiger partial charge in [-0.1, -0.05) is 12.1 Å². The summed E-state index contributed by atoms with van der Waals surface area (Å²) in [6, 6.07) is 12.4. The molecule has 2 aromatic carbocycles. The van der Waals surface area contributed by atoms with E-state index in [0.717, 1.165) is 5.56 Å². The number of hydrogen-bond acceptors (Lipinski definition) is 6. The van der Waals surface area contributed by atoms with E-state index in [9.17, 15) is 10.1 Å². The fourth-order valence-electron chi connectivity index (χ4n) is 2.38. The molecule has 0 N–H and O–H groups in total. The van der Waals surface area contributed by atoms with Crippen molar-refractivity contribution in [2.45, 2.75) is 6.92 Å². The minimum atomic E-state index is -0.386. The quantitative estimate of drug-likeness (QED) is 0.341. The van der Waals surface area contributed by atoms with Gasteiger partial charge in [0.05, 0.1) is 33.0 Å². The van der Waals surface area contributed by atoms with Crippen molar-refractivity contribution >= 4 is 17.6 Å². The van der Waals surface area contributed by atoms with Crippen LogP contribution in [-0.4, -0.2) is 27.3 Å². The van der Waals surface area contributed by atoms with Gasteiger partial charge >= 0.3 is 5.97 Å². The summed E-state index contributed by atoms with van der Waals surface area (Å²) in [6.45, 7) is 1.34. The van der Waals surface area contributed by atoms with E-state index < -0.39 is 0 Å². The van der Waals surface area contributed by atoms with Crippen LogP contribution in [0.4, 0.5) is 0 Å². The predicted octanol–water partition coefficient (Wildman–Crippen LogP) is 3.70. The first kappa shape index (κ1) is 18.9. The molecule has 0 saturated heterocycles. The van der Waals surface area contributed by atoms with Gasteiger partial charge in [0.25, 0.3) is 0 Å². The molecule has 0 radical (unpaired) electrons. The van der Waals surface area contributed by atoms with Crippen LogP contribution < -0.4 is 18.9 Å². The molecular weight excluding hydrogens is 334 g/mol. The van der Waals surface area contributed by atoms with Crippen LogP contribution in [-0.2, 0) is 4.79 Å². The maximum atomic E-state index is 11.0. The van der Waals surface area contributed by atoms with E-state index in [4.69, 9.17) is 18.9 Å². The lowest BCUT2D eigenvalue weighted by molar-refractivity contribution is -0.131. The van der Waals surface area contributed by atoms with Crippen molar-refractivity contribution in [3.05, 3.63) is 47.5 Å². The molecule has 0 aromatic heterocycles. The Hall–Kier alpha value is -3.46. The Labute approximate surface area is 152 Å². The summed E-state index contributed by atoms with van der Waals surface area (Å²) in [7, 11) is 4.56. The molecular formula is C20H19NO5. The minimum absolute atomic E-state index is 0.386. The van der Waals surface area contributed by atoms with Gasteiger partial charge in [-0.3, -0.25) is 4.79 Å². The van der Waals surface area contributed by atoms with Crippen molar-refractivity contribution in [1.29, 1.82) is 5.26 Å². The molecule has 26 heavy (non-hydrogen) atoms. The van der Waals surface area contributed by atoms with Crippen molar-refractivity contribution in [1.82, 2.24) is 0 Å². The average molecular weight is 353 g/mol. The summed E-state index contributed by atoms with van der Waals surface area (Å²) in [5, 5.41) is 9.57. The largest absolute Gasteiger partial charge is 0.493 e. The van der Waals surface area contributed by atoms with Crippen LogP contribution in [0.2, 0.25) is 0 Å². The number of hydrogen-bond donors (Lipinski definition) is 0. The maximum absolute atomic E-state index is 11.0. The molecule has 0 fully saturated rings. The number of rotatable bonds is 6. The van der Waals surface area contributed by atoms with Gasteiger partial charge in [0, 0.05) is 6.92 Å².